The van der Waals surface area contributed by atoms with Gasteiger partial charge < -0.3 is 9.84 Å². The molecule has 0 unspecified atom stereocenters. The van der Waals surface area contributed by atoms with Gasteiger partial charge in [-0.05, 0) is 45.0 Å². The lowest BCUT2D eigenvalue weighted by Gasteiger charge is -2.21. The van der Waals surface area contributed by atoms with Crippen LogP contribution in [0, 0.1) is 0 Å². The number of carboxylic acid groups (broad SMARTS) is 1. The Bertz CT molecular complexity index is 523. The zero-order valence-corrected chi connectivity index (χ0v) is 11.3. The number of benzene rings is 1. The number of aliphatic carboxylic acids is 1. The molecule has 0 saturated heterocycles. The summed E-state index contributed by atoms with van der Waals surface area (Å²) in [5, 5.41) is 8.51. The minimum atomic E-state index is -3.78. The first-order chi connectivity index (χ1) is 8.10. The Hall–Kier alpha value is -1.56. The third kappa shape index (κ3) is 4.37. The average molecular weight is 272 g/mol. The second-order valence-electron chi connectivity index (χ2n) is 4.84. The molecule has 100 valence electrons. The number of hydrogen-bond acceptors (Lipinski definition) is 4. The summed E-state index contributed by atoms with van der Waals surface area (Å²) in [5.41, 5.74) is -0.374. The fraction of sp³-hybridized carbons (Fsp3) is 0.417. The van der Waals surface area contributed by atoms with Crippen molar-refractivity contribution in [2.45, 2.75) is 31.3 Å². The van der Waals surface area contributed by atoms with Gasteiger partial charge in [0.15, 0.2) is 15.6 Å². The first kappa shape index (κ1) is 14.5. The number of carbonyl (C=O) groups is 1. The van der Waals surface area contributed by atoms with Gasteiger partial charge in [-0.1, -0.05) is 0 Å². The molecule has 1 N–H and O–H groups in total. The topological polar surface area (TPSA) is 80.7 Å². The van der Waals surface area contributed by atoms with Crippen molar-refractivity contribution in [3.8, 4) is 5.75 Å². The molecule has 0 atom stereocenters. The van der Waals surface area contributed by atoms with Crippen LogP contribution in [0.25, 0.3) is 0 Å². The van der Waals surface area contributed by atoms with Crippen LogP contribution >= 0.6 is 0 Å². The summed E-state index contributed by atoms with van der Waals surface area (Å²) in [5.74, 6) is -1.74. The molecule has 0 aliphatic rings. The van der Waals surface area contributed by atoms with E-state index in [1.807, 2.05) is 20.8 Å². The molecule has 0 spiro atoms. The Morgan fingerprint density at radius 3 is 2.11 bits per heavy atom. The molecule has 0 fully saturated rings. The lowest BCUT2D eigenvalue weighted by molar-refractivity contribution is -0.134. The van der Waals surface area contributed by atoms with E-state index in [9.17, 15) is 13.2 Å². The fourth-order valence-corrected chi connectivity index (χ4v) is 2.36. The van der Waals surface area contributed by atoms with Gasteiger partial charge in [0.05, 0.1) is 4.90 Å². The van der Waals surface area contributed by atoms with Crippen molar-refractivity contribution in [1.29, 1.82) is 0 Å². The second kappa shape index (κ2) is 4.97. The van der Waals surface area contributed by atoms with Gasteiger partial charge in [-0.15, -0.1) is 0 Å². The molecule has 1 aromatic rings. The third-order valence-electron chi connectivity index (χ3n) is 1.92. The Morgan fingerprint density at radius 2 is 1.72 bits per heavy atom. The van der Waals surface area contributed by atoms with Crippen LogP contribution in [0.15, 0.2) is 29.2 Å². The summed E-state index contributed by atoms with van der Waals surface area (Å²) >= 11 is 0. The van der Waals surface area contributed by atoms with Crippen molar-refractivity contribution in [3.05, 3.63) is 24.3 Å². The molecule has 0 bridgehead atoms. The molecule has 0 radical (unpaired) electrons. The van der Waals surface area contributed by atoms with Crippen molar-refractivity contribution in [2.75, 3.05) is 5.75 Å². The quantitative estimate of drug-likeness (QED) is 0.902. The zero-order chi connectivity index (χ0) is 14.0. The zero-order valence-electron chi connectivity index (χ0n) is 10.5. The highest BCUT2D eigenvalue weighted by molar-refractivity contribution is 7.92. The van der Waals surface area contributed by atoms with Crippen LogP contribution in [0.2, 0.25) is 0 Å². The summed E-state index contributed by atoms with van der Waals surface area (Å²) in [6.45, 7) is 5.63. The maximum absolute atomic E-state index is 11.6. The van der Waals surface area contributed by atoms with Gasteiger partial charge in [-0.3, -0.25) is 4.79 Å². The Labute approximate surface area is 106 Å². The highest BCUT2D eigenvalue weighted by Crippen LogP contribution is 2.21. The molecule has 0 aliphatic heterocycles. The fourth-order valence-electron chi connectivity index (χ4n) is 1.31. The first-order valence-electron chi connectivity index (χ1n) is 5.34. The van der Waals surface area contributed by atoms with Crippen molar-refractivity contribution in [3.63, 3.8) is 0 Å². The van der Waals surface area contributed by atoms with E-state index in [0.29, 0.717) is 5.75 Å². The standard InChI is InChI=1S/C12H16O5S/c1-12(2,3)17-9-4-6-10(7-5-9)18(15,16)8-11(13)14/h4-7H,8H2,1-3H3,(H,13,14). The summed E-state index contributed by atoms with van der Waals surface area (Å²) < 4.78 is 28.8. The van der Waals surface area contributed by atoms with Gasteiger partial charge in [0.25, 0.3) is 0 Å². The molecule has 0 heterocycles. The Morgan fingerprint density at radius 1 is 1.22 bits per heavy atom. The van der Waals surface area contributed by atoms with Gasteiger partial charge >= 0.3 is 5.97 Å². The van der Waals surface area contributed by atoms with Crippen molar-refractivity contribution in [1.82, 2.24) is 0 Å². The molecule has 1 aromatic carbocycles. The van der Waals surface area contributed by atoms with E-state index in [2.05, 4.69) is 0 Å². The molecule has 0 amide bonds. The van der Waals surface area contributed by atoms with Crippen molar-refractivity contribution >= 4 is 15.8 Å². The van der Waals surface area contributed by atoms with E-state index >= 15 is 0 Å². The highest BCUT2D eigenvalue weighted by Gasteiger charge is 2.19. The lowest BCUT2D eigenvalue weighted by Crippen LogP contribution is -2.23. The van der Waals surface area contributed by atoms with Crippen LogP contribution in [0.1, 0.15) is 20.8 Å². The number of hydrogen-bond donors (Lipinski definition) is 1. The normalized spacial score (nSPS) is 12.2. The summed E-state index contributed by atoms with van der Waals surface area (Å²) in [6, 6.07) is 5.72. The smallest absolute Gasteiger partial charge is 0.319 e. The molecule has 0 saturated carbocycles. The molecular formula is C12H16O5S. The van der Waals surface area contributed by atoms with Gasteiger partial charge in [0.1, 0.15) is 11.4 Å². The predicted octanol–water partition coefficient (Wildman–Crippen LogP) is 1.72. The van der Waals surface area contributed by atoms with Gasteiger partial charge in [0, 0.05) is 0 Å². The first-order valence-corrected chi connectivity index (χ1v) is 6.99. The average Bonchev–Trinajstić information content (AvgIpc) is 2.13. The number of rotatable bonds is 4. The van der Waals surface area contributed by atoms with Crippen LogP contribution in [-0.4, -0.2) is 30.8 Å². The molecule has 1 rings (SSSR count). The monoisotopic (exact) mass is 272 g/mol. The van der Waals surface area contributed by atoms with Gasteiger partial charge in [0.2, 0.25) is 0 Å². The number of sulfone groups is 1. The largest absolute Gasteiger partial charge is 0.488 e. The maximum Gasteiger partial charge on any atom is 0.319 e. The van der Waals surface area contributed by atoms with Crippen LogP contribution in [-0.2, 0) is 14.6 Å². The van der Waals surface area contributed by atoms with E-state index in [1.54, 1.807) is 0 Å². The predicted molar refractivity (Wildman–Crippen MR) is 66.5 cm³/mol. The van der Waals surface area contributed by atoms with Crippen LogP contribution in [0.5, 0.6) is 5.75 Å². The van der Waals surface area contributed by atoms with Crippen molar-refractivity contribution < 1.29 is 23.1 Å². The highest BCUT2D eigenvalue weighted by atomic mass is 32.2. The number of carboxylic acids is 1. The minimum Gasteiger partial charge on any atom is -0.488 e. The van der Waals surface area contributed by atoms with E-state index in [0.717, 1.165) is 0 Å². The Kier molecular flexibility index (Phi) is 4.01. The molecule has 0 aromatic heterocycles. The Balaban J connectivity index is 2.93. The molecule has 6 heteroatoms. The van der Waals surface area contributed by atoms with E-state index in [1.165, 1.54) is 24.3 Å². The van der Waals surface area contributed by atoms with Crippen molar-refractivity contribution in [2.24, 2.45) is 0 Å². The van der Waals surface area contributed by atoms with Gasteiger partial charge in [-0.25, -0.2) is 8.42 Å². The minimum absolute atomic E-state index is 0.0221. The van der Waals surface area contributed by atoms with Crippen LogP contribution in [0.4, 0.5) is 0 Å². The molecular weight excluding hydrogens is 256 g/mol. The molecule has 0 aliphatic carbocycles. The molecule has 5 nitrogen and oxygen atoms in total. The lowest BCUT2D eigenvalue weighted by atomic mass is 10.2. The number of ether oxygens (including phenoxy) is 1. The van der Waals surface area contributed by atoms with E-state index in [-0.39, 0.29) is 10.5 Å². The van der Waals surface area contributed by atoms with E-state index in [4.69, 9.17) is 9.84 Å². The van der Waals surface area contributed by atoms with Crippen LogP contribution < -0.4 is 4.74 Å². The summed E-state index contributed by atoms with van der Waals surface area (Å²) in [7, 11) is -3.78. The summed E-state index contributed by atoms with van der Waals surface area (Å²) in [4.78, 5) is 10.4. The van der Waals surface area contributed by atoms with Crippen LogP contribution in [0.3, 0.4) is 0 Å². The second-order valence-corrected chi connectivity index (χ2v) is 6.83. The maximum atomic E-state index is 11.6. The summed E-state index contributed by atoms with van der Waals surface area (Å²) in [6.07, 6.45) is 0. The SMILES string of the molecule is CC(C)(C)Oc1ccc(S(=O)(=O)CC(=O)O)cc1. The van der Waals surface area contributed by atoms with E-state index < -0.39 is 21.6 Å². The molecule has 18 heavy (non-hydrogen) atoms. The van der Waals surface area contributed by atoms with Gasteiger partial charge in [-0.2, -0.15) is 0 Å². The third-order valence-corrected chi connectivity index (χ3v) is 3.54.